The third-order valence-corrected chi connectivity index (χ3v) is 3.17. The fourth-order valence-electron chi connectivity index (χ4n) is 2.17. The molecule has 0 aliphatic heterocycles. The molecule has 0 radical (unpaired) electrons. The number of hydrogen-bond donors (Lipinski definition) is 1. The van der Waals surface area contributed by atoms with Gasteiger partial charge in [-0.2, -0.15) is 5.10 Å². The van der Waals surface area contributed by atoms with Gasteiger partial charge in [-0.05, 0) is 36.2 Å². The van der Waals surface area contributed by atoms with E-state index >= 15 is 0 Å². The van der Waals surface area contributed by atoms with Crippen molar-refractivity contribution in [1.82, 2.24) is 10.2 Å². The van der Waals surface area contributed by atoms with Crippen LogP contribution in [0.1, 0.15) is 5.69 Å². The molecule has 3 rings (SSSR count). The second kappa shape index (κ2) is 4.80. The standard InChI is InChI=1S/C15H11F3N2O/c1-9-13-7-4-11(8-14(13)20-19-9)10-2-5-12(6-3-10)21-15(16,17)18/h2-8H,1H3,(H,19,20). The van der Waals surface area contributed by atoms with Crippen molar-refractivity contribution in [2.75, 3.05) is 0 Å². The summed E-state index contributed by atoms with van der Waals surface area (Å²) < 4.78 is 40.2. The molecule has 0 amide bonds. The molecule has 0 aliphatic rings. The number of fused-ring (bicyclic) bond motifs is 1. The summed E-state index contributed by atoms with van der Waals surface area (Å²) in [5.41, 5.74) is 3.48. The number of alkyl halides is 3. The molecular formula is C15H11F3N2O. The Morgan fingerprint density at radius 2 is 1.67 bits per heavy atom. The second-order valence-electron chi connectivity index (χ2n) is 4.65. The summed E-state index contributed by atoms with van der Waals surface area (Å²) in [6.07, 6.45) is -4.67. The number of aromatic nitrogens is 2. The van der Waals surface area contributed by atoms with E-state index in [0.29, 0.717) is 0 Å². The van der Waals surface area contributed by atoms with Crippen molar-refractivity contribution in [3.8, 4) is 16.9 Å². The number of aryl methyl sites for hydroxylation is 1. The molecule has 0 saturated heterocycles. The Morgan fingerprint density at radius 3 is 2.33 bits per heavy atom. The Kier molecular flexibility index (Phi) is 3.08. The lowest BCUT2D eigenvalue weighted by Crippen LogP contribution is -2.16. The largest absolute Gasteiger partial charge is 0.573 e. The summed E-state index contributed by atoms with van der Waals surface area (Å²) in [5.74, 6) is -0.233. The number of H-pyrrole nitrogens is 1. The van der Waals surface area contributed by atoms with Gasteiger partial charge in [0.2, 0.25) is 0 Å². The molecule has 0 saturated carbocycles. The summed E-state index contributed by atoms with van der Waals surface area (Å²) in [7, 11) is 0. The minimum absolute atomic E-state index is 0.233. The van der Waals surface area contributed by atoms with Gasteiger partial charge in [0.15, 0.2) is 0 Å². The number of hydrogen-bond acceptors (Lipinski definition) is 2. The van der Waals surface area contributed by atoms with E-state index < -0.39 is 6.36 Å². The molecule has 1 heterocycles. The van der Waals surface area contributed by atoms with E-state index in [9.17, 15) is 13.2 Å². The van der Waals surface area contributed by atoms with Crippen LogP contribution in [0, 0.1) is 6.92 Å². The number of aromatic amines is 1. The molecule has 3 aromatic rings. The highest BCUT2D eigenvalue weighted by Crippen LogP contribution is 2.28. The molecule has 3 nitrogen and oxygen atoms in total. The van der Waals surface area contributed by atoms with Gasteiger partial charge in [0.25, 0.3) is 0 Å². The van der Waals surface area contributed by atoms with Crippen molar-refractivity contribution in [1.29, 1.82) is 0 Å². The predicted octanol–water partition coefficient (Wildman–Crippen LogP) is 4.44. The Bertz CT molecular complexity index is 776. The summed E-state index contributed by atoms with van der Waals surface area (Å²) >= 11 is 0. The first kappa shape index (κ1) is 13.5. The molecule has 21 heavy (non-hydrogen) atoms. The molecule has 108 valence electrons. The Morgan fingerprint density at radius 1 is 1.00 bits per heavy atom. The fourth-order valence-corrected chi connectivity index (χ4v) is 2.17. The van der Waals surface area contributed by atoms with Gasteiger partial charge in [-0.15, -0.1) is 13.2 Å². The van der Waals surface area contributed by atoms with Crippen LogP contribution < -0.4 is 4.74 Å². The molecule has 2 aromatic carbocycles. The smallest absolute Gasteiger partial charge is 0.406 e. The number of rotatable bonds is 2. The van der Waals surface area contributed by atoms with Crippen LogP contribution in [0.15, 0.2) is 42.5 Å². The topological polar surface area (TPSA) is 37.9 Å². The van der Waals surface area contributed by atoms with Gasteiger partial charge in [-0.1, -0.05) is 24.3 Å². The van der Waals surface area contributed by atoms with Crippen LogP contribution in [0.2, 0.25) is 0 Å². The zero-order chi connectivity index (χ0) is 15.0. The van der Waals surface area contributed by atoms with Gasteiger partial charge in [0.05, 0.1) is 5.52 Å². The number of nitrogens with zero attached hydrogens (tertiary/aromatic N) is 1. The molecule has 0 bridgehead atoms. The van der Waals surface area contributed by atoms with Crippen molar-refractivity contribution in [3.05, 3.63) is 48.2 Å². The Labute approximate surface area is 118 Å². The zero-order valence-corrected chi connectivity index (χ0v) is 11.0. The van der Waals surface area contributed by atoms with Crippen molar-refractivity contribution < 1.29 is 17.9 Å². The van der Waals surface area contributed by atoms with E-state index in [-0.39, 0.29) is 5.75 Å². The maximum absolute atomic E-state index is 12.1. The third-order valence-electron chi connectivity index (χ3n) is 3.17. The van der Waals surface area contributed by atoms with Crippen molar-refractivity contribution in [2.24, 2.45) is 0 Å². The van der Waals surface area contributed by atoms with E-state index in [0.717, 1.165) is 27.7 Å². The average Bonchev–Trinajstić information content (AvgIpc) is 2.79. The molecular weight excluding hydrogens is 281 g/mol. The lowest BCUT2D eigenvalue weighted by molar-refractivity contribution is -0.274. The van der Waals surface area contributed by atoms with Gasteiger partial charge in [0, 0.05) is 11.1 Å². The molecule has 1 N–H and O–H groups in total. The van der Waals surface area contributed by atoms with E-state index in [1.165, 1.54) is 12.1 Å². The normalized spacial score (nSPS) is 11.8. The molecule has 6 heteroatoms. The van der Waals surface area contributed by atoms with Gasteiger partial charge in [0.1, 0.15) is 5.75 Å². The highest BCUT2D eigenvalue weighted by atomic mass is 19.4. The maximum atomic E-state index is 12.1. The Balaban J connectivity index is 1.91. The highest BCUT2D eigenvalue weighted by molar-refractivity contribution is 5.86. The van der Waals surface area contributed by atoms with Gasteiger partial charge >= 0.3 is 6.36 Å². The van der Waals surface area contributed by atoms with Crippen molar-refractivity contribution >= 4 is 10.9 Å². The third kappa shape index (κ3) is 2.84. The number of halogens is 3. The van der Waals surface area contributed by atoms with Gasteiger partial charge in [-0.3, -0.25) is 5.10 Å². The SMILES string of the molecule is Cc1[nH]nc2cc(-c3ccc(OC(F)(F)F)cc3)ccc12. The number of benzene rings is 2. The minimum atomic E-state index is -4.67. The van der Waals surface area contributed by atoms with Crippen molar-refractivity contribution in [2.45, 2.75) is 13.3 Å². The van der Waals surface area contributed by atoms with E-state index in [1.54, 1.807) is 12.1 Å². The monoisotopic (exact) mass is 292 g/mol. The average molecular weight is 292 g/mol. The summed E-state index contributed by atoms with van der Waals surface area (Å²) in [6, 6.07) is 11.5. The van der Waals surface area contributed by atoms with Gasteiger partial charge in [-0.25, -0.2) is 0 Å². The number of ether oxygens (including phenoxy) is 1. The first-order chi connectivity index (χ1) is 9.92. The molecule has 0 spiro atoms. The van der Waals surface area contributed by atoms with Crippen LogP contribution in [0.5, 0.6) is 5.75 Å². The minimum Gasteiger partial charge on any atom is -0.406 e. The first-order valence-corrected chi connectivity index (χ1v) is 6.23. The molecule has 0 aliphatic carbocycles. The van der Waals surface area contributed by atoms with Crippen LogP contribution >= 0.6 is 0 Å². The van der Waals surface area contributed by atoms with Crippen LogP contribution in [-0.2, 0) is 0 Å². The lowest BCUT2D eigenvalue weighted by atomic mass is 10.0. The van der Waals surface area contributed by atoms with Crippen LogP contribution in [0.4, 0.5) is 13.2 Å². The van der Waals surface area contributed by atoms with E-state index in [4.69, 9.17) is 0 Å². The van der Waals surface area contributed by atoms with Gasteiger partial charge < -0.3 is 4.74 Å². The van der Waals surface area contributed by atoms with E-state index in [1.807, 2.05) is 25.1 Å². The Hall–Kier alpha value is -2.50. The molecule has 1 aromatic heterocycles. The zero-order valence-electron chi connectivity index (χ0n) is 11.0. The lowest BCUT2D eigenvalue weighted by Gasteiger charge is -2.09. The van der Waals surface area contributed by atoms with E-state index in [2.05, 4.69) is 14.9 Å². The number of nitrogens with one attached hydrogen (secondary N) is 1. The summed E-state index contributed by atoms with van der Waals surface area (Å²) in [6.45, 7) is 1.93. The molecule has 0 atom stereocenters. The highest BCUT2D eigenvalue weighted by Gasteiger charge is 2.30. The maximum Gasteiger partial charge on any atom is 0.573 e. The molecule has 0 fully saturated rings. The fraction of sp³-hybridized carbons (Fsp3) is 0.133. The predicted molar refractivity (Wildman–Crippen MR) is 72.9 cm³/mol. The summed E-state index contributed by atoms with van der Waals surface area (Å²) in [5, 5.41) is 8.09. The second-order valence-corrected chi connectivity index (χ2v) is 4.65. The first-order valence-electron chi connectivity index (χ1n) is 6.23. The van der Waals surface area contributed by atoms with Crippen LogP contribution in [0.3, 0.4) is 0 Å². The van der Waals surface area contributed by atoms with Crippen LogP contribution in [-0.4, -0.2) is 16.6 Å². The van der Waals surface area contributed by atoms with Crippen molar-refractivity contribution in [3.63, 3.8) is 0 Å². The van der Waals surface area contributed by atoms with Crippen LogP contribution in [0.25, 0.3) is 22.0 Å². The summed E-state index contributed by atoms with van der Waals surface area (Å²) in [4.78, 5) is 0. The quantitative estimate of drug-likeness (QED) is 0.758. The molecule has 0 unspecified atom stereocenters.